The van der Waals surface area contributed by atoms with Crippen LogP contribution in [0, 0.1) is 5.92 Å². The summed E-state index contributed by atoms with van der Waals surface area (Å²) in [5.74, 6) is -1.37. The smallest absolute Gasteiger partial charge is 0.462 e. The number of hydrogen-bond donors (Lipinski definition) is 3. The summed E-state index contributed by atoms with van der Waals surface area (Å²) < 4.78 is 67.6. The van der Waals surface area contributed by atoms with Gasteiger partial charge < -0.3 is 33.8 Å². The van der Waals surface area contributed by atoms with Crippen molar-refractivity contribution in [3.05, 3.63) is 0 Å². The van der Waals surface area contributed by atoms with Gasteiger partial charge in [-0.05, 0) is 31.6 Å². The van der Waals surface area contributed by atoms with Crippen molar-refractivity contribution in [2.75, 3.05) is 39.6 Å². The van der Waals surface area contributed by atoms with E-state index in [0.29, 0.717) is 25.7 Å². The van der Waals surface area contributed by atoms with Crippen LogP contribution in [0.25, 0.3) is 0 Å². The van der Waals surface area contributed by atoms with Crippen LogP contribution >= 0.6 is 15.6 Å². The number of hydrogen-bond acceptors (Lipinski definition) is 15. The molecule has 0 aromatic heterocycles. The maximum absolute atomic E-state index is 12.9. The Balaban J connectivity index is 5.16. The minimum atomic E-state index is -4.94. The lowest BCUT2D eigenvalue weighted by Crippen LogP contribution is -2.30. The molecule has 78 heavy (non-hydrogen) atoms. The Hall–Kier alpha value is -1.94. The molecule has 0 rings (SSSR count). The van der Waals surface area contributed by atoms with Gasteiger partial charge in [-0.25, -0.2) is 9.13 Å². The number of carbonyl (C=O) groups is 4. The van der Waals surface area contributed by atoms with Gasteiger partial charge in [-0.1, -0.05) is 240 Å². The SMILES string of the molecule is CCCCCCCCCCCC(=O)OC[C@H](COP(=O)(O)OC[C@@H](O)COP(=O)(O)OC[C@@H](COC(=O)CCCCCCCCC)OC(=O)CCCCCCCCC)OC(=O)CCCCCCCCCCCCCCC(C)C. The molecule has 0 aromatic carbocycles. The first-order valence-corrected chi connectivity index (χ1v) is 34.1. The second kappa shape index (κ2) is 53.1. The van der Waals surface area contributed by atoms with Crippen molar-refractivity contribution in [3.8, 4) is 0 Å². The first kappa shape index (κ1) is 76.1. The minimum absolute atomic E-state index is 0.103. The monoisotopic (exact) mass is 1160 g/mol. The van der Waals surface area contributed by atoms with E-state index in [2.05, 4.69) is 34.6 Å². The van der Waals surface area contributed by atoms with E-state index >= 15 is 0 Å². The highest BCUT2D eigenvalue weighted by Crippen LogP contribution is 2.45. The Morgan fingerprint density at radius 2 is 0.590 bits per heavy atom. The molecule has 17 nitrogen and oxygen atoms in total. The van der Waals surface area contributed by atoms with E-state index in [-0.39, 0.29) is 25.7 Å². The molecule has 3 N–H and O–H groups in total. The van der Waals surface area contributed by atoms with Crippen LogP contribution in [0.5, 0.6) is 0 Å². The van der Waals surface area contributed by atoms with Gasteiger partial charge in [0.2, 0.25) is 0 Å². The predicted molar refractivity (Wildman–Crippen MR) is 308 cm³/mol. The number of aliphatic hydroxyl groups excluding tert-OH is 1. The number of rotatable bonds is 59. The van der Waals surface area contributed by atoms with Gasteiger partial charge in [-0.2, -0.15) is 0 Å². The molecule has 0 saturated heterocycles. The maximum atomic E-state index is 12.9. The van der Waals surface area contributed by atoms with Gasteiger partial charge in [-0.15, -0.1) is 0 Å². The highest BCUT2D eigenvalue weighted by Gasteiger charge is 2.30. The lowest BCUT2D eigenvalue weighted by atomic mass is 10.0. The molecule has 0 aliphatic carbocycles. The number of carbonyl (C=O) groups excluding carboxylic acids is 4. The summed E-state index contributed by atoms with van der Waals surface area (Å²) in [6.45, 7) is 7.07. The molecule has 0 heterocycles. The van der Waals surface area contributed by atoms with Crippen molar-refractivity contribution in [1.82, 2.24) is 0 Å². The average Bonchev–Trinajstić information content (AvgIpc) is 3.40. The van der Waals surface area contributed by atoms with Crippen LogP contribution in [0.15, 0.2) is 0 Å². The summed E-state index contributed by atoms with van der Waals surface area (Å²) in [6, 6.07) is 0. The van der Waals surface area contributed by atoms with Gasteiger partial charge in [0, 0.05) is 25.7 Å². The third-order valence-electron chi connectivity index (χ3n) is 13.5. The van der Waals surface area contributed by atoms with Crippen LogP contribution in [0.4, 0.5) is 0 Å². The lowest BCUT2D eigenvalue weighted by molar-refractivity contribution is -0.161. The van der Waals surface area contributed by atoms with Crippen molar-refractivity contribution in [1.29, 1.82) is 0 Å². The van der Waals surface area contributed by atoms with E-state index in [1.807, 2.05) is 0 Å². The van der Waals surface area contributed by atoms with Crippen molar-refractivity contribution in [2.45, 2.75) is 310 Å². The first-order chi connectivity index (χ1) is 37.5. The molecule has 462 valence electrons. The Morgan fingerprint density at radius 3 is 0.872 bits per heavy atom. The summed E-state index contributed by atoms with van der Waals surface area (Å²) in [5.41, 5.74) is 0. The summed E-state index contributed by atoms with van der Waals surface area (Å²) in [7, 11) is -9.86. The highest BCUT2D eigenvalue weighted by atomic mass is 31.2. The average molecular weight is 1160 g/mol. The van der Waals surface area contributed by atoms with Crippen LogP contribution in [0.1, 0.15) is 291 Å². The van der Waals surface area contributed by atoms with Gasteiger partial charge in [0.15, 0.2) is 12.2 Å². The third kappa shape index (κ3) is 53.4. The molecular weight excluding hydrogens is 1040 g/mol. The van der Waals surface area contributed by atoms with Crippen LogP contribution in [-0.2, 0) is 65.4 Å². The second-order valence-electron chi connectivity index (χ2n) is 21.9. The quantitative estimate of drug-likeness (QED) is 0.0222. The van der Waals surface area contributed by atoms with E-state index in [0.717, 1.165) is 121 Å². The molecule has 5 atom stereocenters. The molecule has 0 aliphatic heterocycles. The molecular formula is C59H114O17P2. The van der Waals surface area contributed by atoms with E-state index < -0.39 is 97.5 Å². The van der Waals surface area contributed by atoms with Crippen molar-refractivity contribution in [2.24, 2.45) is 5.92 Å². The van der Waals surface area contributed by atoms with E-state index in [4.69, 9.17) is 37.0 Å². The lowest BCUT2D eigenvalue weighted by Gasteiger charge is -2.21. The molecule has 0 bridgehead atoms. The number of unbranched alkanes of at least 4 members (excludes halogenated alkanes) is 31. The highest BCUT2D eigenvalue weighted by molar-refractivity contribution is 7.47. The normalized spacial score (nSPS) is 14.4. The second-order valence-corrected chi connectivity index (χ2v) is 24.8. The Morgan fingerprint density at radius 1 is 0.346 bits per heavy atom. The molecule has 0 aliphatic rings. The van der Waals surface area contributed by atoms with Crippen LogP contribution < -0.4 is 0 Å². The van der Waals surface area contributed by atoms with Crippen molar-refractivity contribution in [3.63, 3.8) is 0 Å². The van der Waals surface area contributed by atoms with Gasteiger partial charge in [0.1, 0.15) is 19.3 Å². The summed E-state index contributed by atoms with van der Waals surface area (Å²) in [6.07, 6.45) is 35.1. The molecule has 0 saturated carbocycles. The predicted octanol–water partition coefficient (Wildman–Crippen LogP) is 15.8. The fourth-order valence-electron chi connectivity index (χ4n) is 8.70. The van der Waals surface area contributed by atoms with E-state index in [1.54, 1.807) is 0 Å². The van der Waals surface area contributed by atoms with Crippen LogP contribution in [0.3, 0.4) is 0 Å². The number of ether oxygens (including phenoxy) is 4. The van der Waals surface area contributed by atoms with Crippen LogP contribution in [-0.4, -0.2) is 96.7 Å². The topological polar surface area (TPSA) is 237 Å². The number of phosphoric ester groups is 2. The van der Waals surface area contributed by atoms with Gasteiger partial charge in [-0.3, -0.25) is 37.3 Å². The number of aliphatic hydroxyl groups is 1. The van der Waals surface area contributed by atoms with Gasteiger partial charge in [0.25, 0.3) is 0 Å². The van der Waals surface area contributed by atoms with Gasteiger partial charge in [0.05, 0.1) is 26.4 Å². The standard InChI is InChI=1S/C59H114O17P2/c1-6-9-12-15-18-23-29-33-38-43-57(62)70-49-55(76-59(64)45-40-35-30-25-22-20-19-21-24-28-31-36-41-52(4)5)51-74-78(67,68)72-47-53(60)46-71-77(65,66)73-50-54(75-58(63)44-39-34-27-17-14-11-8-3)48-69-56(61)42-37-32-26-16-13-10-7-2/h52-55,60H,6-51H2,1-5H3,(H,65,66)(H,67,68)/t53-,54+,55+/m0/s1. The number of esters is 4. The number of phosphoric acid groups is 2. The summed E-state index contributed by atoms with van der Waals surface area (Å²) in [5, 5.41) is 10.5. The molecule has 2 unspecified atom stereocenters. The largest absolute Gasteiger partial charge is 0.472 e. The zero-order chi connectivity index (χ0) is 57.8. The zero-order valence-electron chi connectivity index (χ0n) is 49.8. The van der Waals surface area contributed by atoms with Gasteiger partial charge >= 0.3 is 39.5 Å². The Bertz CT molecular complexity index is 1530. The fourth-order valence-corrected chi connectivity index (χ4v) is 10.3. The van der Waals surface area contributed by atoms with Crippen molar-refractivity contribution < 1.29 is 80.2 Å². The van der Waals surface area contributed by atoms with E-state index in [1.165, 1.54) is 89.9 Å². The Kier molecular flexibility index (Phi) is 51.8. The maximum Gasteiger partial charge on any atom is 0.472 e. The Labute approximate surface area is 473 Å². The molecule has 0 amide bonds. The molecule has 0 radical (unpaired) electrons. The molecule has 0 fully saturated rings. The third-order valence-corrected chi connectivity index (χ3v) is 15.4. The molecule has 0 aromatic rings. The molecule has 0 spiro atoms. The minimum Gasteiger partial charge on any atom is -0.462 e. The molecule has 19 heteroatoms. The van der Waals surface area contributed by atoms with Crippen LogP contribution in [0.2, 0.25) is 0 Å². The summed E-state index contributed by atoms with van der Waals surface area (Å²) >= 11 is 0. The first-order valence-electron chi connectivity index (χ1n) is 31.1. The fraction of sp³-hybridized carbons (Fsp3) is 0.932. The summed E-state index contributed by atoms with van der Waals surface area (Å²) in [4.78, 5) is 71.7. The van der Waals surface area contributed by atoms with E-state index in [9.17, 15) is 43.2 Å². The zero-order valence-corrected chi connectivity index (χ0v) is 51.6. The van der Waals surface area contributed by atoms with Crippen molar-refractivity contribution >= 4 is 39.5 Å².